The lowest BCUT2D eigenvalue weighted by molar-refractivity contribution is 0.0952. The molecule has 0 fully saturated rings. The highest BCUT2D eigenvalue weighted by atomic mass is 35.5. The fourth-order valence-corrected chi connectivity index (χ4v) is 0.720. The van der Waals surface area contributed by atoms with Crippen LogP contribution in [0.1, 0.15) is 16.1 Å². The molecule has 0 aliphatic rings. The van der Waals surface area contributed by atoms with E-state index in [1.165, 1.54) is 6.20 Å². The minimum Gasteiger partial charge on any atom is -0.290 e. The highest BCUT2D eigenvalue weighted by Crippen LogP contribution is 1.99. The number of nitrogens with zero attached hydrogens (tertiary/aromatic N) is 2. The van der Waals surface area contributed by atoms with Crippen LogP contribution in [0.3, 0.4) is 0 Å². The van der Waals surface area contributed by atoms with Crippen molar-refractivity contribution in [2.24, 2.45) is 5.84 Å². The molecule has 0 unspecified atom stereocenters. The minimum atomic E-state index is -0.350. The summed E-state index contributed by atoms with van der Waals surface area (Å²) in [5.74, 6) is 4.58. The number of hydrazine groups is 1. The molecule has 0 saturated heterocycles. The molecule has 0 spiro atoms. The summed E-state index contributed by atoms with van der Waals surface area (Å²) in [7, 11) is 0. The predicted molar refractivity (Wildman–Crippen MR) is 45.7 cm³/mol. The third kappa shape index (κ3) is 2.14. The molecule has 6 heteroatoms. The molecule has 1 aromatic heterocycles. The Kier molecular flexibility index (Phi) is 4.17. The quantitative estimate of drug-likeness (QED) is 0.364. The van der Waals surface area contributed by atoms with E-state index in [0.29, 0.717) is 11.3 Å². The molecule has 0 aliphatic heterocycles. The zero-order chi connectivity index (χ0) is 8.27. The molecule has 1 aromatic rings. The van der Waals surface area contributed by atoms with Crippen LogP contribution in [0.4, 0.5) is 0 Å². The number of aromatic nitrogens is 2. The van der Waals surface area contributed by atoms with Crippen LogP contribution in [0.15, 0.2) is 12.3 Å². The lowest BCUT2D eigenvalue weighted by Crippen LogP contribution is -2.30. The molecule has 0 atom stereocenters. The lowest BCUT2D eigenvalue weighted by atomic mass is 10.2. The average Bonchev–Trinajstić information content (AvgIpc) is 2.04. The molecule has 12 heavy (non-hydrogen) atoms. The normalized spacial score (nSPS) is 8.50. The molecule has 0 radical (unpaired) electrons. The Hall–Kier alpha value is -1.20. The van der Waals surface area contributed by atoms with Gasteiger partial charge in [-0.3, -0.25) is 10.2 Å². The van der Waals surface area contributed by atoms with Crippen molar-refractivity contribution in [3.05, 3.63) is 23.5 Å². The maximum absolute atomic E-state index is 10.9. The molecule has 1 rings (SSSR count). The first kappa shape index (κ1) is 10.8. The fourth-order valence-electron chi connectivity index (χ4n) is 0.720. The van der Waals surface area contributed by atoms with Crippen molar-refractivity contribution in [1.82, 2.24) is 15.6 Å². The molecule has 0 aromatic carbocycles. The summed E-state index contributed by atoms with van der Waals surface area (Å²) in [4.78, 5) is 10.9. The standard InChI is InChI=1S/C6H8N4O.ClH/c1-4-5(6(11)9-7)2-3-8-10-4;/h2-3H,7H2,1H3,(H,9,11);1H. The van der Waals surface area contributed by atoms with Gasteiger partial charge in [-0.25, -0.2) is 5.84 Å². The van der Waals surface area contributed by atoms with Crippen molar-refractivity contribution in [3.8, 4) is 0 Å². The van der Waals surface area contributed by atoms with E-state index in [0.717, 1.165) is 0 Å². The van der Waals surface area contributed by atoms with E-state index in [1.54, 1.807) is 13.0 Å². The van der Waals surface area contributed by atoms with Crippen molar-refractivity contribution in [2.45, 2.75) is 6.92 Å². The maximum Gasteiger partial charge on any atom is 0.267 e. The van der Waals surface area contributed by atoms with Gasteiger partial charge in [-0.05, 0) is 13.0 Å². The highest BCUT2D eigenvalue weighted by Gasteiger charge is 2.06. The van der Waals surface area contributed by atoms with E-state index in [-0.39, 0.29) is 18.3 Å². The summed E-state index contributed by atoms with van der Waals surface area (Å²) in [6.07, 6.45) is 1.44. The number of hydrogen-bond acceptors (Lipinski definition) is 4. The molecule has 0 aliphatic carbocycles. The van der Waals surface area contributed by atoms with Crippen molar-refractivity contribution >= 4 is 18.3 Å². The van der Waals surface area contributed by atoms with E-state index in [1.807, 2.05) is 5.43 Å². The topological polar surface area (TPSA) is 80.9 Å². The summed E-state index contributed by atoms with van der Waals surface area (Å²) in [6.45, 7) is 1.69. The summed E-state index contributed by atoms with van der Waals surface area (Å²) >= 11 is 0. The van der Waals surface area contributed by atoms with E-state index < -0.39 is 0 Å². The zero-order valence-corrected chi connectivity index (χ0v) is 7.26. The van der Waals surface area contributed by atoms with Gasteiger partial charge in [0.1, 0.15) is 0 Å². The van der Waals surface area contributed by atoms with Gasteiger partial charge in [-0.1, -0.05) is 0 Å². The monoisotopic (exact) mass is 188 g/mol. The Balaban J connectivity index is 0.00000121. The molecule has 0 bridgehead atoms. The Morgan fingerprint density at radius 2 is 2.33 bits per heavy atom. The van der Waals surface area contributed by atoms with Crippen LogP contribution in [0.2, 0.25) is 0 Å². The molecule has 66 valence electrons. The predicted octanol–water partition coefficient (Wildman–Crippen LogP) is -0.190. The first-order valence-electron chi connectivity index (χ1n) is 3.05. The summed E-state index contributed by atoms with van der Waals surface area (Å²) < 4.78 is 0. The van der Waals surface area contributed by atoms with Gasteiger partial charge >= 0.3 is 0 Å². The molecule has 3 N–H and O–H groups in total. The number of aryl methyl sites for hydroxylation is 1. The van der Waals surface area contributed by atoms with Crippen molar-refractivity contribution in [3.63, 3.8) is 0 Å². The van der Waals surface area contributed by atoms with Crippen molar-refractivity contribution in [2.75, 3.05) is 0 Å². The number of nitrogens with one attached hydrogen (secondary N) is 1. The average molecular weight is 189 g/mol. The van der Waals surface area contributed by atoms with Crippen LogP contribution in [-0.2, 0) is 0 Å². The number of rotatable bonds is 1. The minimum absolute atomic E-state index is 0. The van der Waals surface area contributed by atoms with Crippen LogP contribution in [0, 0.1) is 6.92 Å². The van der Waals surface area contributed by atoms with Gasteiger partial charge in [0.15, 0.2) is 0 Å². The molecule has 1 heterocycles. The number of carbonyl (C=O) groups is 1. The third-order valence-corrected chi connectivity index (χ3v) is 1.28. The number of carbonyl (C=O) groups excluding carboxylic acids is 1. The fraction of sp³-hybridized carbons (Fsp3) is 0.167. The Morgan fingerprint density at radius 1 is 1.67 bits per heavy atom. The molecular weight excluding hydrogens is 180 g/mol. The van der Waals surface area contributed by atoms with Gasteiger partial charge in [0.2, 0.25) is 0 Å². The second kappa shape index (κ2) is 4.63. The number of nitrogen functional groups attached to an aromatic ring is 1. The van der Waals surface area contributed by atoms with Crippen LogP contribution in [-0.4, -0.2) is 16.1 Å². The number of nitrogens with two attached hydrogens (primary N) is 1. The van der Waals surface area contributed by atoms with Gasteiger partial charge < -0.3 is 0 Å². The first-order chi connectivity index (χ1) is 5.25. The number of hydrogen-bond donors (Lipinski definition) is 2. The van der Waals surface area contributed by atoms with Crippen LogP contribution >= 0.6 is 12.4 Å². The SMILES string of the molecule is Cc1nnccc1C(=O)NN.Cl. The third-order valence-electron chi connectivity index (χ3n) is 1.28. The van der Waals surface area contributed by atoms with Gasteiger partial charge in [0.05, 0.1) is 17.5 Å². The van der Waals surface area contributed by atoms with Gasteiger partial charge in [0.25, 0.3) is 5.91 Å². The van der Waals surface area contributed by atoms with Gasteiger partial charge in [-0.2, -0.15) is 10.2 Å². The summed E-state index contributed by atoms with van der Waals surface area (Å²) in [5, 5.41) is 7.27. The van der Waals surface area contributed by atoms with E-state index >= 15 is 0 Å². The van der Waals surface area contributed by atoms with Gasteiger partial charge in [0, 0.05) is 0 Å². The smallest absolute Gasteiger partial charge is 0.267 e. The first-order valence-corrected chi connectivity index (χ1v) is 3.05. The molecule has 1 amide bonds. The Labute approximate surface area is 75.7 Å². The second-order valence-electron chi connectivity index (χ2n) is 2.00. The maximum atomic E-state index is 10.9. The van der Waals surface area contributed by atoms with Crippen LogP contribution in [0.5, 0.6) is 0 Å². The second-order valence-corrected chi connectivity index (χ2v) is 2.00. The Bertz CT molecular complexity index is 278. The number of amides is 1. The molecular formula is C6H9ClN4O. The molecule has 0 saturated carbocycles. The van der Waals surface area contributed by atoms with E-state index in [9.17, 15) is 4.79 Å². The molecule has 5 nitrogen and oxygen atoms in total. The van der Waals surface area contributed by atoms with Crippen molar-refractivity contribution < 1.29 is 4.79 Å². The van der Waals surface area contributed by atoms with E-state index in [4.69, 9.17) is 5.84 Å². The number of halogens is 1. The van der Waals surface area contributed by atoms with Crippen LogP contribution < -0.4 is 11.3 Å². The van der Waals surface area contributed by atoms with Crippen molar-refractivity contribution in [1.29, 1.82) is 0 Å². The van der Waals surface area contributed by atoms with Crippen LogP contribution in [0.25, 0.3) is 0 Å². The lowest BCUT2D eigenvalue weighted by Gasteiger charge is -1.99. The summed E-state index contributed by atoms with van der Waals surface area (Å²) in [5.41, 5.74) is 3.03. The Morgan fingerprint density at radius 3 is 2.83 bits per heavy atom. The summed E-state index contributed by atoms with van der Waals surface area (Å²) in [6, 6.07) is 1.56. The van der Waals surface area contributed by atoms with E-state index in [2.05, 4.69) is 10.2 Å². The largest absolute Gasteiger partial charge is 0.290 e. The van der Waals surface area contributed by atoms with Gasteiger partial charge in [-0.15, -0.1) is 12.4 Å². The zero-order valence-electron chi connectivity index (χ0n) is 6.44. The highest BCUT2D eigenvalue weighted by molar-refractivity contribution is 5.94.